The van der Waals surface area contributed by atoms with Gasteiger partial charge in [0.15, 0.2) is 0 Å². The van der Waals surface area contributed by atoms with Crippen LogP contribution in [0.2, 0.25) is 0 Å². The Labute approximate surface area is 156 Å². The number of ether oxygens (including phenoxy) is 1. The molecule has 2 fully saturated rings. The van der Waals surface area contributed by atoms with Crippen molar-refractivity contribution in [3.05, 3.63) is 35.9 Å². The Morgan fingerprint density at radius 2 is 1.70 bits per heavy atom. The number of hydrogen-bond acceptors (Lipinski definition) is 5. The fraction of sp³-hybridized carbons (Fsp3) is 0.500. The number of piperazine rings is 1. The van der Waals surface area contributed by atoms with Crippen LogP contribution < -0.4 is 0 Å². The van der Waals surface area contributed by atoms with Crippen LogP contribution in [0.3, 0.4) is 0 Å². The van der Waals surface area contributed by atoms with Crippen LogP contribution in [-0.4, -0.2) is 87.9 Å². The van der Waals surface area contributed by atoms with E-state index in [4.69, 9.17) is 4.74 Å². The predicted molar refractivity (Wildman–Crippen MR) is 94.3 cm³/mol. The number of benzene rings is 1. The van der Waals surface area contributed by atoms with Crippen LogP contribution in [0.15, 0.2) is 30.3 Å². The SMILES string of the molecule is O=C(O)[C@@H]1C[C@H](N2CCN(C(=O)OCc3ccccc3)CC2)CN1C(=O)O. The number of likely N-dealkylation sites (tertiary alicyclic amines) is 1. The number of aliphatic carboxylic acids is 1. The highest BCUT2D eigenvalue weighted by atomic mass is 16.6. The Kier molecular flexibility index (Phi) is 5.80. The lowest BCUT2D eigenvalue weighted by molar-refractivity contribution is -0.141. The van der Waals surface area contributed by atoms with E-state index in [9.17, 15) is 24.6 Å². The quantitative estimate of drug-likeness (QED) is 0.810. The molecule has 0 unspecified atom stereocenters. The highest BCUT2D eigenvalue weighted by molar-refractivity contribution is 5.80. The molecule has 0 radical (unpaired) electrons. The third-order valence-corrected chi connectivity index (χ3v) is 5.10. The molecule has 2 aliphatic rings. The van der Waals surface area contributed by atoms with Crippen molar-refractivity contribution in [3.63, 3.8) is 0 Å². The van der Waals surface area contributed by atoms with E-state index in [-0.39, 0.29) is 31.7 Å². The first-order valence-corrected chi connectivity index (χ1v) is 8.87. The fourth-order valence-electron chi connectivity index (χ4n) is 3.60. The van der Waals surface area contributed by atoms with E-state index < -0.39 is 18.1 Å². The summed E-state index contributed by atoms with van der Waals surface area (Å²) in [6, 6.07) is 8.28. The van der Waals surface area contributed by atoms with E-state index >= 15 is 0 Å². The maximum Gasteiger partial charge on any atom is 0.410 e. The summed E-state index contributed by atoms with van der Waals surface area (Å²) >= 11 is 0. The number of hydrogen-bond donors (Lipinski definition) is 2. The van der Waals surface area contributed by atoms with Crippen molar-refractivity contribution in [2.24, 2.45) is 0 Å². The molecule has 9 heteroatoms. The molecule has 0 saturated carbocycles. The molecule has 146 valence electrons. The molecule has 0 aromatic heterocycles. The summed E-state index contributed by atoms with van der Waals surface area (Å²) in [4.78, 5) is 39.4. The number of carbonyl (C=O) groups is 3. The maximum atomic E-state index is 12.2. The van der Waals surface area contributed by atoms with Gasteiger partial charge >= 0.3 is 18.2 Å². The fourth-order valence-corrected chi connectivity index (χ4v) is 3.60. The average Bonchev–Trinajstić information content (AvgIpc) is 3.13. The molecule has 1 aromatic rings. The third-order valence-electron chi connectivity index (χ3n) is 5.10. The summed E-state index contributed by atoms with van der Waals surface area (Å²) in [5.74, 6) is -1.12. The van der Waals surface area contributed by atoms with Gasteiger partial charge in [0.05, 0.1) is 0 Å². The summed E-state index contributed by atoms with van der Waals surface area (Å²) < 4.78 is 5.33. The standard InChI is InChI=1S/C18H23N3O6/c22-16(23)15-10-14(11-21(15)17(24)25)19-6-8-20(9-7-19)18(26)27-12-13-4-2-1-3-5-13/h1-5,14-15H,6-12H2,(H,22,23)(H,24,25)/t14-,15-/m0/s1. The van der Waals surface area contributed by atoms with Crippen LogP contribution in [0.1, 0.15) is 12.0 Å². The molecule has 2 atom stereocenters. The zero-order valence-corrected chi connectivity index (χ0v) is 14.9. The molecule has 3 rings (SSSR count). The van der Waals surface area contributed by atoms with Crippen LogP contribution in [0.25, 0.3) is 0 Å². The van der Waals surface area contributed by atoms with Gasteiger partial charge in [-0.05, 0) is 12.0 Å². The Hall–Kier alpha value is -2.81. The maximum absolute atomic E-state index is 12.2. The molecule has 2 N–H and O–H groups in total. The first kappa shape index (κ1) is 19.0. The second-order valence-electron chi connectivity index (χ2n) is 6.74. The lowest BCUT2D eigenvalue weighted by Crippen LogP contribution is -2.52. The van der Waals surface area contributed by atoms with Crippen molar-refractivity contribution in [2.75, 3.05) is 32.7 Å². The van der Waals surface area contributed by atoms with Crippen molar-refractivity contribution in [1.82, 2.24) is 14.7 Å². The van der Waals surface area contributed by atoms with Crippen LogP contribution in [-0.2, 0) is 16.1 Å². The van der Waals surface area contributed by atoms with Crippen LogP contribution in [0.5, 0.6) is 0 Å². The molecule has 9 nitrogen and oxygen atoms in total. The summed E-state index contributed by atoms with van der Waals surface area (Å²) in [6.45, 7) is 2.45. The van der Waals surface area contributed by atoms with Gasteiger partial charge in [0, 0.05) is 38.8 Å². The molecule has 2 aliphatic heterocycles. The molecule has 0 aliphatic carbocycles. The smallest absolute Gasteiger partial charge is 0.410 e. The summed E-state index contributed by atoms with van der Waals surface area (Å²) in [5.41, 5.74) is 0.920. The van der Waals surface area contributed by atoms with E-state index in [1.165, 1.54) is 0 Å². The van der Waals surface area contributed by atoms with E-state index in [0.29, 0.717) is 26.2 Å². The minimum atomic E-state index is -1.21. The predicted octanol–water partition coefficient (Wildman–Crippen LogP) is 1.15. The van der Waals surface area contributed by atoms with Gasteiger partial charge < -0.3 is 19.8 Å². The third kappa shape index (κ3) is 4.48. The van der Waals surface area contributed by atoms with Crippen molar-refractivity contribution in [2.45, 2.75) is 25.1 Å². The van der Waals surface area contributed by atoms with Gasteiger partial charge in [0.1, 0.15) is 12.6 Å². The van der Waals surface area contributed by atoms with Gasteiger partial charge in [-0.15, -0.1) is 0 Å². The first-order valence-electron chi connectivity index (χ1n) is 8.87. The van der Waals surface area contributed by atoms with E-state index in [2.05, 4.69) is 4.90 Å². The first-order chi connectivity index (χ1) is 13.0. The number of rotatable bonds is 4. The Morgan fingerprint density at radius 3 is 2.26 bits per heavy atom. The number of carbonyl (C=O) groups excluding carboxylic acids is 1. The topological polar surface area (TPSA) is 111 Å². The van der Waals surface area contributed by atoms with Gasteiger partial charge in [0.2, 0.25) is 0 Å². The molecule has 0 bridgehead atoms. The largest absolute Gasteiger partial charge is 0.480 e. The number of nitrogens with zero attached hydrogens (tertiary/aromatic N) is 3. The van der Waals surface area contributed by atoms with Gasteiger partial charge in [-0.25, -0.2) is 14.4 Å². The van der Waals surface area contributed by atoms with Crippen LogP contribution in [0, 0.1) is 0 Å². The van der Waals surface area contributed by atoms with Gasteiger partial charge in [-0.3, -0.25) is 9.80 Å². The number of carboxylic acid groups (broad SMARTS) is 2. The zero-order chi connectivity index (χ0) is 19.4. The van der Waals surface area contributed by atoms with E-state index in [0.717, 1.165) is 10.5 Å². The molecule has 2 heterocycles. The molecule has 1 aromatic carbocycles. The molecule has 2 saturated heterocycles. The summed E-state index contributed by atoms with van der Waals surface area (Å²) in [5, 5.41) is 18.4. The second-order valence-corrected chi connectivity index (χ2v) is 6.74. The Morgan fingerprint density at radius 1 is 1.04 bits per heavy atom. The van der Waals surface area contributed by atoms with Gasteiger partial charge in [-0.1, -0.05) is 30.3 Å². The normalized spacial score (nSPS) is 23.3. The molecular weight excluding hydrogens is 354 g/mol. The second kappa shape index (κ2) is 8.26. The Balaban J connectivity index is 1.48. The average molecular weight is 377 g/mol. The number of carboxylic acids is 1. The van der Waals surface area contributed by atoms with Crippen LogP contribution in [0.4, 0.5) is 9.59 Å². The van der Waals surface area contributed by atoms with Crippen molar-refractivity contribution in [3.8, 4) is 0 Å². The highest BCUT2D eigenvalue weighted by Gasteiger charge is 2.42. The molecule has 27 heavy (non-hydrogen) atoms. The Bertz CT molecular complexity index is 668. The van der Waals surface area contributed by atoms with Crippen molar-refractivity contribution in [1.29, 1.82) is 0 Å². The lowest BCUT2D eigenvalue weighted by atomic mass is 10.1. The summed E-state index contributed by atoms with van der Waals surface area (Å²) in [6.07, 6.45) is -1.33. The van der Waals surface area contributed by atoms with Gasteiger partial charge in [0.25, 0.3) is 0 Å². The minimum Gasteiger partial charge on any atom is -0.480 e. The monoisotopic (exact) mass is 377 g/mol. The minimum absolute atomic E-state index is 0.148. The van der Waals surface area contributed by atoms with Crippen molar-refractivity contribution >= 4 is 18.2 Å². The molecular formula is C18H23N3O6. The highest BCUT2D eigenvalue weighted by Crippen LogP contribution is 2.24. The van der Waals surface area contributed by atoms with E-state index in [1.807, 2.05) is 30.3 Å². The van der Waals surface area contributed by atoms with Gasteiger partial charge in [-0.2, -0.15) is 0 Å². The van der Waals surface area contributed by atoms with Crippen LogP contribution >= 0.6 is 0 Å². The summed E-state index contributed by atoms with van der Waals surface area (Å²) in [7, 11) is 0. The number of amides is 2. The lowest BCUT2D eigenvalue weighted by Gasteiger charge is -2.37. The van der Waals surface area contributed by atoms with Crippen molar-refractivity contribution < 1.29 is 29.3 Å². The van der Waals surface area contributed by atoms with E-state index in [1.54, 1.807) is 4.90 Å². The molecule has 0 spiro atoms. The zero-order valence-electron chi connectivity index (χ0n) is 14.9. The molecule has 2 amide bonds.